The predicted molar refractivity (Wildman–Crippen MR) is 182 cm³/mol. The van der Waals surface area contributed by atoms with Gasteiger partial charge in [-0.3, -0.25) is 19.3 Å². The van der Waals surface area contributed by atoms with Gasteiger partial charge in [-0.2, -0.15) is 0 Å². The summed E-state index contributed by atoms with van der Waals surface area (Å²) < 4.78 is 22.0. The van der Waals surface area contributed by atoms with Gasteiger partial charge in [-0.25, -0.2) is 9.59 Å². The molecule has 3 unspecified atom stereocenters. The molecular weight excluding hydrogens is 648 g/mol. The maximum absolute atomic E-state index is 13.9. The van der Waals surface area contributed by atoms with E-state index in [1.807, 2.05) is 11.0 Å². The van der Waals surface area contributed by atoms with E-state index in [4.69, 9.17) is 18.9 Å². The third kappa shape index (κ3) is 13.2. The van der Waals surface area contributed by atoms with Crippen LogP contribution in [0.15, 0.2) is 30.3 Å². The Labute approximate surface area is 294 Å². The van der Waals surface area contributed by atoms with Crippen LogP contribution in [0.1, 0.15) is 77.7 Å². The van der Waals surface area contributed by atoms with Crippen molar-refractivity contribution >= 4 is 29.8 Å². The van der Waals surface area contributed by atoms with Crippen LogP contribution in [0.4, 0.5) is 4.79 Å². The lowest BCUT2D eigenvalue weighted by Crippen LogP contribution is -2.58. The van der Waals surface area contributed by atoms with Gasteiger partial charge in [-0.1, -0.05) is 62.4 Å². The second kappa shape index (κ2) is 19.0. The number of hydrogen-bond donors (Lipinski definition) is 4. The first-order valence-electron chi connectivity index (χ1n) is 17.8. The predicted octanol–water partition coefficient (Wildman–Crippen LogP) is 2.00. The lowest BCUT2D eigenvalue weighted by Gasteiger charge is -2.32. The molecule has 0 aromatic heterocycles. The molecule has 3 aliphatic rings. The van der Waals surface area contributed by atoms with Crippen LogP contribution >= 0.6 is 0 Å². The Kier molecular flexibility index (Phi) is 14.9. The number of nitrogens with one attached hydrogen (secondary N) is 3. The van der Waals surface area contributed by atoms with E-state index in [1.54, 1.807) is 45.0 Å². The van der Waals surface area contributed by atoms with Crippen LogP contribution in [0.2, 0.25) is 0 Å². The molecule has 5 atom stereocenters. The highest BCUT2D eigenvalue weighted by Crippen LogP contribution is 2.28. The van der Waals surface area contributed by atoms with Crippen molar-refractivity contribution in [1.82, 2.24) is 20.9 Å². The van der Waals surface area contributed by atoms with Crippen LogP contribution in [0.3, 0.4) is 0 Å². The van der Waals surface area contributed by atoms with Crippen molar-refractivity contribution in [3.8, 4) is 0 Å². The highest BCUT2D eigenvalue weighted by atomic mass is 16.6. The minimum Gasteiger partial charge on any atom is -0.462 e. The molecule has 1 aromatic rings. The largest absolute Gasteiger partial charge is 0.462 e. The number of esters is 2. The number of alkyl carbamates (subject to hydrolysis) is 1. The van der Waals surface area contributed by atoms with E-state index in [0.29, 0.717) is 32.7 Å². The Bertz CT molecular complexity index is 1280. The van der Waals surface area contributed by atoms with Crippen molar-refractivity contribution in [2.45, 2.75) is 114 Å². The molecule has 0 radical (unpaired) electrons. The van der Waals surface area contributed by atoms with Crippen LogP contribution in [0.25, 0.3) is 0 Å². The fraction of sp³-hybridized carbons (Fsp3) is 0.694. The topological polar surface area (TPSA) is 182 Å². The minimum absolute atomic E-state index is 0.0989. The lowest BCUT2D eigenvalue weighted by molar-refractivity contribution is -0.169. The summed E-state index contributed by atoms with van der Waals surface area (Å²) in [4.78, 5) is 68.8. The zero-order valence-corrected chi connectivity index (χ0v) is 29.5. The Morgan fingerprint density at radius 3 is 2.42 bits per heavy atom. The Hall–Kier alpha value is -3.75. The van der Waals surface area contributed by atoms with E-state index in [2.05, 4.69) is 16.0 Å². The van der Waals surface area contributed by atoms with Crippen molar-refractivity contribution in [2.75, 3.05) is 39.5 Å². The molecule has 2 heterocycles. The molecule has 1 aromatic carbocycles. The van der Waals surface area contributed by atoms with Gasteiger partial charge in [0.05, 0.1) is 19.3 Å². The Morgan fingerprint density at radius 2 is 1.74 bits per heavy atom. The number of aliphatic hydroxyl groups excluding tert-OH is 1. The number of hydrogen-bond acceptors (Lipinski definition) is 11. The second-order valence-corrected chi connectivity index (χ2v) is 14.4. The van der Waals surface area contributed by atoms with Gasteiger partial charge in [0.25, 0.3) is 0 Å². The van der Waals surface area contributed by atoms with Gasteiger partial charge in [0.2, 0.25) is 11.8 Å². The average Bonchev–Trinajstić information content (AvgIpc) is 3.08. The van der Waals surface area contributed by atoms with E-state index in [1.165, 1.54) is 0 Å². The van der Waals surface area contributed by atoms with E-state index >= 15 is 0 Å². The number of ether oxygens (including phenoxy) is 4. The molecule has 1 saturated carbocycles. The fourth-order valence-electron chi connectivity index (χ4n) is 6.50. The molecule has 0 spiro atoms. The zero-order valence-electron chi connectivity index (χ0n) is 29.5. The molecule has 1 aliphatic carbocycles. The van der Waals surface area contributed by atoms with Crippen molar-refractivity contribution in [1.29, 1.82) is 0 Å². The molecule has 4 N–H and O–H groups in total. The molecule has 3 amide bonds. The molecule has 2 aliphatic heterocycles. The van der Waals surface area contributed by atoms with Gasteiger partial charge in [0.1, 0.15) is 30.4 Å². The molecule has 14 nitrogen and oxygen atoms in total. The number of cyclic esters (lactones) is 2. The van der Waals surface area contributed by atoms with E-state index in [-0.39, 0.29) is 38.3 Å². The quantitative estimate of drug-likeness (QED) is 0.218. The van der Waals surface area contributed by atoms with Gasteiger partial charge < -0.3 is 40.0 Å². The molecule has 3 fully saturated rings. The second-order valence-electron chi connectivity index (χ2n) is 14.4. The van der Waals surface area contributed by atoms with Crippen LogP contribution in [-0.2, 0) is 44.5 Å². The molecule has 2 saturated heterocycles. The first-order valence-corrected chi connectivity index (χ1v) is 17.8. The third-order valence-corrected chi connectivity index (χ3v) is 9.10. The highest BCUT2D eigenvalue weighted by molar-refractivity contribution is 5.92. The molecule has 4 rings (SSSR count). The van der Waals surface area contributed by atoms with Crippen LogP contribution in [-0.4, -0.2) is 115 Å². The Balaban J connectivity index is 1.55. The number of carbonyl (C=O) groups is 5. The first kappa shape index (κ1) is 39.0. The fourth-order valence-corrected chi connectivity index (χ4v) is 6.50. The summed E-state index contributed by atoms with van der Waals surface area (Å²) in [5.41, 5.74) is -0.0616. The smallest absolute Gasteiger partial charge is 0.408 e. The molecular formula is C36H54N4O10. The molecule has 278 valence electrons. The number of aliphatic hydroxyl groups is 1. The van der Waals surface area contributed by atoms with Gasteiger partial charge >= 0.3 is 18.0 Å². The van der Waals surface area contributed by atoms with Crippen molar-refractivity contribution in [3.05, 3.63) is 35.9 Å². The maximum atomic E-state index is 13.9. The number of rotatable bonds is 9. The summed E-state index contributed by atoms with van der Waals surface area (Å²) in [6.45, 7) is 7.41. The molecule has 14 heteroatoms. The summed E-state index contributed by atoms with van der Waals surface area (Å²) in [7, 11) is 0. The average molecular weight is 703 g/mol. The number of benzene rings is 1. The normalized spacial score (nSPS) is 25.7. The summed E-state index contributed by atoms with van der Waals surface area (Å²) >= 11 is 0. The van der Waals surface area contributed by atoms with E-state index in [0.717, 1.165) is 37.7 Å². The van der Waals surface area contributed by atoms with Crippen molar-refractivity contribution in [2.24, 2.45) is 5.92 Å². The maximum Gasteiger partial charge on any atom is 0.408 e. The standard InChI is InChI=1S/C36H54N4O10/c1-36(2,3)50-35(46)39-29(21-25-12-8-5-9-13-25)33(44)37-27-14-15-30(41)48-23-26(22-40-16-18-47-19-17-40)49-34(45)31(42)28(38-32(27)43)20-24-10-6-4-7-11-24/h5,8-9,12-13,24,26-29,31,42H,4,6-7,10-11,14-23H2,1-3H3,(H,37,44)(H,38,43)(H,39,46)/t26?,27?,28?,29-,31+/m0/s1. The van der Waals surface area contributed by atoms with E-state index in [9.17, 15) is 29.1 Å². The zero-order chi connectivity index (χ0) is 36.1. The SMILES string of the molecule is CC(C)(C)OC(=O)N[C@@H](Cc1ccccc1)C(=O)NC1CCC(=O)OCC(CN2CCOCC2)OC(=O)[C@H](O)C(CC2CCCCC2)NC1=O. The third-order valence-electron chi connectivity index (χ3n) is 9.10. The van der Waals surface area contributed by atoms with Crippen molar-refractivity contribution in [3.63, 3.8) is 0 Å². The summed E-state index contributed by atoms with van der Waals surface area (Å²) in [5.74, 6) is -2.76. The monoisotopic (exact) mass is 702 g/mol. The van der Waals surface area contributed by atoms with Gasteiger partial charge in [0.15, 0.2) is 6.10 Å². The van der Waals surface area contributed by atoms with Gasteiger partial charge in [-0.15, -0.1) is 0 Å². The minimum atomic E-state index is -1.69. The summed E-state index contributed by atoms with van der Waals surface area (Å²) in [5, 5.41) is 19.5. The first-order chi connectivity index (χ1) is 23.9. The van der Waals surface area contributed by atoms with Gasteiger partial charge in [-0.05, 0) is 45.1 Å². The number of morpholine rings is 1. The number of amides is 3. The van der Waals surface area contributed by atoms with Crippen LogP contribution < -0.4 is 16.0 Å². The highest BCUT2D eigenvalue weighted by Gasteiger charge is 2.37. The Morgan fingerprint density at radius 1 is 1.04 bits per heavy atom. The number of nitrogens with zero attached hydrogens (tertiary/aromatic N) is 1. The number of carbonyl (C=O) groups excluding carboxylic acids is 5. The van der Waals surface area contributed by atoms with Crippen LogP contribution in [0, 0.1) is 5.92 Å². The van der Waals surface area contributed by atoms with Crippen molar-refractivity contribution < 1.29 is 48.0 Å². The van der Waals surface area contributed by atoms with Gasteiger partial charge in [0, 0.05) is 32.5 Å². The molecule has 0 bridgehead atoms. The van der Waals surface area contributed by atoms with E-state index < -0.39 is 65.8 Å². The lowest BCUT2D eigenvalue weighted by atomic mass is 9.83. The van der Waals surface area contributed by atoms with Crippen LogP contribution in [0.5, 0.6) is 0 Å². The molecule has 50 heavy (non-hydrogen) atoms. The summed E-state index contributed by atoms with van der Waals surface area (Å²) in [6.07, 6.45) is 1.65. The summed E-state index contributed by atoms with van der Waals surface area (Å²) in [6, 6.07) is 5.67.